The van der Waals surface area contributed by atoms with Gasteiger partial charge in [0.15, 0.2) is 0 Å². The molecule has 2 aliphatic rings. The fourth-order valence-electron chi connectivity index (χ4n) is 2.50. The summed E-state index contributed by atoms with van der Waals surface area (Å²) in [5.74, 6) is -1.06. The number of aromatic nitrogens is 4. The van der Waals surface area contributed by atoms with E-state index in [1.54, 1.807) is 7.05 Å². The number of amides is 2. The first-order chi connectivity index (χ1) is 11.9. The first kappa shape index (κ1) is 18.2. The third-order valence-corrected chi connectivity index (χ3v) is 6.59. The minimum atomic E-state index is -1.16. The highest BCUT2D eigenvalue weighted by Crippen LogP contribution is 2.41. The van der Waals surface area contributed by atoms with Gasteiger partial charge in [-0.2, -0.15) is 0 Å². The highest BCUT2D eigenvalue weighted by molar-refractivity contribution is 9.09. The van der Waals surface area contributed by atoms with Gasteiger partial charge >= 0.3 is 5.97 Å². The first-order valence-electron chi connectivity index (χ1n) is 7.04. The van der Waals surface area contributed by atoms with Crippen molar-refractivity contribution in [3.63, 3.8) is 0 Å². The molecule has 2 amide bonds. The zero-order valence-electron chi connectivity index (χ0n) is 12.9. The number of halogens is 1. The molecule has 0 saturated carbocycles. The summed E-state index contributed by atoms with van der Waals surface area (Å²) < 4.78 is 1.49. The fourth-order valence-corrected chi connectivity index (χ4v) is 5.00. The number of hydrogen-bond acceptors (Lipinski definition) is 8. The van der Waals surface area contributed by atoms with Crippen molar-refractivity contribution < 1.29 is 19.5 Å². The molecule has 2 atom stereocenters. The van der Waals surface area contributed by atoms with Gasteiger partial charge in [-0.3, -0.25) is 14.5 Å². The lowest BCUT2D eigenvalue weighted by molar-refractivity contribution is -0.150. The highest BCUT2D eigenvalue weighted by Gasteiger charge is 2.54. The topological polar surface area (TPSA) is 130 Å². The van der Waals surface area contributed by atoms with Crippen LogP contribution in [0.2, 0.25) is 0 Å². The van der Waals surface area contributed by atoms with Gasteiger partial charge in [0.25, 0.3) is 5.91 Å². The Morgan fingerprint density at radius 2 is 2.28 bits per heavy atom. The summed E-state index contributed by atoms with van der Waals surface area (Å²) >= 11 is 5.76. The Morgan fingerprint density at radius 3 is 2.88 bits per heavy atom. The van der Waals surface area contributed by atoms with Crippen molar-refractivity contribution in [2.24, 2.45) is 7.05 Å². The minimum Gasteiger partial charge on any atom is -0.477 e. The van der Waals surface area contributed by atoms with E-state index in [9.17, 15) is 19.5 Å². The number of hydrogen-bond donors (Lipinski definition) is 2. The molecule has 1 aromatic heterocycles. The normalized spacial score (nSPS) is 22.5. The summed E-state index contributed by atoms with van der Waals surface area (Å²) in [5.41, 5.74) is 0.612. The van der Waals surface area contributed by atoms with E-state index in [0.29, 0.717) is 22.2 Å². The number of tetrazole rings is 1. The number of β-lactam (4-membered cyclic amide) rings is 1. The maximum atomic E-state index is 12.3. The van der Waals surface area contributed by atoms with Crippen molar-refractivity contribution in [2.75, 3.05) is 16.8 Å². The lowest BCUT2D eigenvalue weighted by atomic mass is 10.0. The van der Waals surface area contributed by atoms with Crippen molar-refractivity contribution in [1.29, 1.82) is 0 Å². The number of aliphatic carboxylic acids is 1. The van der Waals surface area contributed by atoms with Gasteiger partial charge in [0.05, 0.1) is 5.33 Å². The van der Waals surface area contributed by atoms with E-state index in [0.717, 1.165) is 0 Å². The van der Waals surface area contributed by atoms with Crippen LogP contribution in [-0.4, -0.2) is 76.2 Å². The van der Waals surface area contributed by atoms with E-state index in [-0.39, 0.29) is 16.9 Å². The van der Waals surface area contributed by atoms with Gasteiger partial charge in [-0.15, -0.1) is 16.9 Å². The largest absolute Gasteiger partial charge is 0.477 e. The van der Waals surface area contributed by atoms with Gasteiger partial charge in [-0.25, -0.2) is 9.48 Å². The van der Waals surface area contributed by atoms with E-state index in [1.165, 1.54) is 33.1 Å². The molecule has 1 saturated heterocycles. The van der Waals surface area contributed by atoms with E-state index >= 15 is 0 Å². The van der Waals surface area contributed by atoms with E-state index in [2.05, 4.69) is 36.8 Å². The van der Waals surface area contributed by atoms with Crippen LogP contribution in [0.3, 0.4) is 0 Å². The van der Waals surface area contributed by atoms with Crippen molar-refractivity contribution in [3.8, 4) is 0 Å². The maximum Gasteiger partial charge on any atom is 0.352 e. The molecular weight excluding hydrogens is 436 g/mol. The lowest BCUT2D eigenvalue weighted by Gasteiger charge is -2.49. The number of carboxylic acid groups (broad SMARTS) is 1. The Balaban J connectivity index is 1.77. The molecule has 1 aromatic rings. The fraction of sp³-hybridized carbons (Fsp3) is 0.500. The number of carboxylic acids is 1. The molecule has 0 aromatic carbocycles. The summed E-state index contributed by atoms with van der Waals surface area (Å²) in [6.07, 6.45) is 0. The molecule has 0 bridgehead atoms. The van der Waals surface area contributed by atoms with Crippen LogP contribution >= 0.6 is 39.5 Å². The van der Waals surface area contributed by atoms with Crippen LogP contribution in [0.15, 0.2) is 16.4 Å². The molecule has 3 rings (SSSR count). The van der Waals surface area contributed by atoms with Crippen LogP contribution in [0.4, 0.5) is 0 Å². The van der Waals surface area contributed by atoms with Crippen LogP contribution in [0.1, 0.15) is 0 Å². The SMILES string of the molecule is Cn1nnnc1SCC1=C(C(=O)O)N2C(=O)[C@@H](NC(=O)CBr)[C@H]2SC1. The number of fused-ring (bicyclic) bond motifs is 1. The van der Waals surface area contributed by atoms with E-state index in [4.69, 9.17) is 0 Å². The highest BCUT2D eigenvalue weighted by atomic mass is 79.9. The standard InChI is InChI=1S/C12H13BrN6O4S2/c1-18-12(15-16-17-18)25-4-5-3-24-10-7(14-6(20)2-13)9(21)19(10)8(5)11(22)23/h7,10H,2-4H2,1H3,(H,14,20)(H,22,23)/t7-,10-/m1/s1. The van der Waals surface area contributed by atoms with Crippen LogP contribution in [0.25, 0.3) is 0 Å². The molecule has 134 valence electrons. The summed E-state index contributed by atoms with van der Waals surface area (Å²) in [5, 5.41) is 23.5. The van der Waals surface area contributed by atoms with Gasteiger partial charge in [-0.05, 0) is 16.0 Å². The minimum absolute atomic E-state index is 0.0132. The summed E-state index contributed by atoms with van der Waals surface area (Å²) in [6.45, 7) is 0. The predicted molar refractivity (Wildman–Crippen MR) is 93.0 cm³/mol. The van der Waals surface area contributed by atoms with Gasteiger partial charge in [-0.1, -0.05) is 27.7 Å². The molecule has 2 N–H and O–H groups in total. The zero-order valence-corrected chi connectivity index (χ0v) is 16.1. The van der Waals surface area contributed by atoms with Crippen LogP contribution in [-0.2, 0) is 21.4 Å². The number of rotatable bonds is 6. The molecule has 25 heavy (non-hydrogen) atoms. The molecule has 10 nitrogen and oxygen atoms in total. The first-order valence-corrected chi connectivity index (χ1v) is 10.2. The zero-order chi connectivity index (χ0) is 18.1. The average Bonchev–Trinajstić information content (AvgIpc) is 3.01. The summed E-state index contributed by atoms with van der Waals surface area (Å²) in [6, 6.07) is -0.693. The molecule has 0 radical (unpaired) electrons. The molecule has 0 aliphatic carbocycles. The Hall–Kier alpha value is -1.60. The Bertz CT molecular complexity index is 769. The molecule has 2 aliphatic heterocycles. The van der Waals surface area contributed by atoms with Crippen molar-refractivity contribution >= 4 is 57.2 Å². The van der Waals surface area contributed by atoms with Gasteiger partial charge in [0.2, 0.25) is 11.1 Å². The smallest absolute Gasteiger partial charge is 0.352 e. The van der Waals surface area contributed by atoms with Crippen molar-refractivity contribution in [2.45, 2.75) is 16.6 Å². The quantitative estimate of drug-likeness (QED) is 0.333. The van der Waals surface area contributed by atoms with Gasteiger partial charge in [0.1, 0.15) is 17.1 Å². The number of nitrogens with one attached hydrogen (secondary N) is 1. The van der Waals surface area contributed by atoms with Crippen molar-refractivity contribution in [1.82, 2.24) is 30.4 Å². The van der Waals surface area contributed by atoms with E-state index < -0.39 is 23.3 Å². The Morgan fingerprint density at radius 1 is 1.52 bits per heavy atom. The van der Waals surface area contributed by atoms with Gasteiger partial charge in [0, 0.05) is 18.6 Å². The van der Waals surface area contributed by atoms with Crippen LogP contribution in [0.5, 0.6) is 0 Å². The number of alkyl halides is 1. The maximum absolute atomic E-state index is 12.3. The number of carbonyl (C=O) groups excluding carboxylic acids is 2. The second-order valence-electron chi connectivity index (χ2n) is 5.22. The molecule has 13 heteroatoms. The number of aryl methyl sites for hydroxylation is 1. The van der Waals surface area contributed by atoms with Crippen LogP contribution in [0, 0.1) is 0 Å². The molecule has 1 fully saturated rings. The van der Waals surface area contributed by atoms with E-state index in [1.807, 2.05) is 0 Å². The van der Waals surface area contributed by atoms with Gasteiger partial charge < -0.3 is 10.4 Å². The number of thioether (sulfide) groups is 2. The second-order valence-corrected chi connectivity index (χ2v) is 7.83. The Kier molecular flexibility index (Phi) is 5.34. The molecule has 0 spiro atoms. The summed E-state index contributed by atoms with van der Waals surface area (Å²) in [4.78, 5) is 36.8. The number of nitrogens with zero attached hydrogens (tertiary/aromatic N) is 5. The molecule has 0 unspecified atom stereocenters. The third-order valence-electron chi connectivity index (χ3n) is 3.64. The third kappa shape index (κ3) is 3.40. The lowest BCUT2D eigenvalue weighted by Crippen LogP contribution is -2.70. The average molecular weight is 449 g/mol. The predicted octanol–water partition coefficient (Wildman–Crippen LogP) is -0.564. The monoisotopic (exact) mass is 448 g/mol. The molecular formula is C12H13BrN6O4S2. The molecule has 3 heterocycles. The van der Waals surface area contributed by atoms with Crippen molar-refractivity contribution in [3.05, 3.63) is 11.3 Å². The number of carbonyl (C=O) groups is 3. The summed E-state index contributed by atoms with van der Waals surface area (Å²) in [7, 11) is 1.69. The van der Waals surface area contributed by atoms with Crippen LogP contribution < -0.4 is 5.32 Å². The Labute approximate surface area is 158 Å². The second kappa shape index (κ2) is 7.33.